The third-order valence-electron chi connectivity index (χ3n) is 5.03. The zero-order valence-corrected chi connectivity index (χ0v) is 15.4. The second-order valence-electron chi connectivity index (χ2n) is 6.78. The second-order valence-corrected chi connectivity index (χ2v) is 8.94. The van der Waals surface area contributed by atoms with E-state index in [1.165, 1.54) is 0 Å². The van der Waals surface area contributed by atoms with Gasteiger partial charge in [0.1, 0.15) is 0 Å². The van der Waals surface area contributed by atoms with E-state index >= 15 is 0 Å². The lowest BCUT2D eigenvalue weighted by Gasteiger charge is -2.35. The molecule has 0 bridgehead atoms. The molecule has 0 radical (unpaired) electrons. The average Bonchev–Trinajstić information content (AvgIpc) is 3.43. The van der Waals surface area contributed by atoms with Crippen LogP contribution in [0.4, 0.5) is 0 Å². The molecule has 2 heterocycles. The molecule has 1 saturated carbocycles. The molecule has 0 amide bonds. The number of nitrogens with zero attached hydrogens (tertiary/aromatic N) is 3. The Hall–Kier alpha value is -1.70. The van der Waals surface area contributed by atoms with Gasteiger partial charge >= 0.3 is 0 Å². The fourth-order valence-corrected chi connectivity index (χ4v) is 5.60. The van der Waals surface area contributed by atoms with Crippen molar-refractivity contribution in [3.8, 4) is 5.69 Å². The monoisotopic (exact) mass is 361 g/mol. The van der Waals surface area contributed by atoms with Gasteiger partial charge in [0.25, 0.3) is 0 Å². The van der Waals surface area contributed by atoms with Gasteiger partial charge in [-0.05, 0) is 38.8 Å². The second kappa shape index (κ2) is 6.23. The van der Waals surface area contributed by atoms with Gasteiger partial charge in [-0.2, -0.15) is 9.40 Å². The van der Waals surface area contributed by atoms with E-state index in [9.17, 15) is 8.42 Å². The van der Waals surface area contributed by atoms with Crippen LogP contribution in [0.25, 0.3) is 5.69 Å². The molecule has 0 unspecified atom stereocenters. The van der Waals surface area contributed by atoms with Gasteiger partial charge in [-0.3, -0.25) is 0 Å². The summed E-state index contributed by atoms with van der Waals surface area (Å²) in [6.07, 6.45) is 1.54. The molecule has 1 aromatic heterocycles. The van der Waals surface area contributed by atoms with Gasteiger partial charge < -0.3 is 4.74 Å². The summed E-state index contributed by atoms with van der Waals surface area (Å²) in [6, 6.07) is 9.61. The minimum Gasteiger partial charge on any atom is -0.378 e. The van der Waals surface area contributed by atoms with Gasteiger partial charge in [-0.15, -0.1) is 0 Å². The summed E-state index contributed by atoms with van der Waals surface area (Å²) in [4.78, 5) is 0. The molecule has 4 rings (SSSR count). The van der Waals surface area contributed by atoms with Crippen LogP contribution < -0.4 is 0 Å². The van der Waals surface area contributed by atoms with Gasteiger partial charge in [0.2, 0.25) is 10.0 Å². The fourth-order valence-electron chi connectivity index (χ4n) is 3.64. The summed E-state index contributed by atoms with van der Waals surface area (Å²) in [6.45, 7) is 5.19. The van der Waals surface area contributed by atoms with Crippen LogP contribution in [0, 0.1) is 13.8 Å². The van der Waals surface area contributed by atoms with Crippen molar-refractivity contribution >= 4 is 10.0 Å². The molecule has 2 aromatic rings. The Kier molecular flexibility index (Phi) is 4.17. The van der Waals surface area contributed by atoms with Crippen LogP contribution in [0.1, 0.15) is 35.8 Å². The van der Waals surface area contributed by atoms with Crippen LogP contribution in [0.2, 0.25) is 0 Å². The molecule has 1 saturated heterocycles. The maximum absolute atomic E-state index is 12.9. The molecule has 2 aliphatic rings. The molecule has 1 aromatic carbocycles. The maximum Gasteiger partial charge on any atom is 0.217 e. The van der Waals surface area contributed by atoms with E-state index in [1.807, 2.05) is 48.9 Å². The summed E-state index contributed by atoms with van der Waals surface area (Å²) in [7, 11) is -3.26. The van der Waals surface area contributed by atoms with Gasteiger partial charge in [-0.1, -0.05) is 18.2 Å². The largest absolute Gasteiger partial charge is 0.378 e. The molecule has 7 heteroatoms. The highest BCUT2D eigenvalue weighted by atomic mass is 32.2. The molecule has 1 aliphatic heterocycles. The number of benzene rings is 1. The van der Waals surface area contributed by atoms with Gasteiger partial charge in [0.05, 0.1) is 35.9 Å². The summed E-state index contributed by atoms with van der Waals surface area (Å²) in [5.74, 6) is 0. The molecular formula is C18H23N3O3S. The fraction of sp³-hybridized carbons (Fsp3) is 0.500. The minimum atomic E-state index is -3.26. The Labute approximate surface area is 148 Å². The van der Waals surface area contributed by atoms with Crippen LogP contribution in [0.3, 0.4) is 0 Å². The highest BCUT2D eigenvalue weighted by Gasteiger charge is 2.45. The lowest BCUT2D eigenvalue weighted by atomic mass is 10.0. The van der Waals surface area contributed by atoms with Gasteiger partial charge in [0.15, 0.2) is 0 Å². The maximum atomic E-state index is 12.9. The van der Waals surface area contributed by atoms with E-state index in [0.29, 0.717) is 19.8 Å². The van der Waals surface area contributed by atoms with Crippen molar-refractivity contribution in [2.75, 3.05) is 19.8 Å². The van der Waals surface area contributed by atoms with Crippen molar-refractivity contribution in [1.29, 1.82) is 0 Å². The van der Waals surface area contributed by atoms with E-state index < -0.39 is 10.0 Å². The smallest absolute Gasteiger partial charge is 0.217 e. The first-order valence-electron chi connectivity index (χ1n) is 8.70. The molecule has 1 atom stereocenters. The van der Waals surface area contributed by atoms with Crippen LogP contribution in [-0.2, 0) is 14.8 Å². The van der Waals surface area contributed by atoms with Crippen LogP contribution in [-0.4, -0.2) is 47.5 Å². The summed E-state index contributed by atoms with van der Waals surface area (Å²) >= 11 is 0. The topological polar surface area (TPSA) is 64.4 Å². The SMILES string of the molecule is Cc1nn(-c2ccccc2)c(C)c1[C@@H]1COCCN1S(=O)(=O)C1CC1. The van der Waals surface area contributed by atoms with Crippen LogP contribution >= 0.6 is 0 Å². The number of para-hydroxylation sites is 1. The lowest BCUT2D eigenvalue weighted by molar-refractivity contribution is 0.0315. The Bertz CT molecular complexity index is 872. The standard InChI is InChI=1S/C18H23N3O3S/c1-13-18(14(2)21(19-13)15-6-4-3-5-7-15)17-12-24-11-10-20(17)25(22,23)16-8-9-16/h3-7,16-17H,8-12H2,1-2H3/t17-/m0/s1. The number of hydrogen-bond acceptors (Lipinski definition) is 4. The van der Waals surface area contributed by atoms with Crippen molar-refractivity contribution in [2.24, 2.45) is 0 Å². The van der Waals surface area contributed by atoms with Crippen molar-refractivity contribution < 1.29 is 13.2 Å². The third-order valence-corrected chi connectivity index (χ3v) is 7.44. The van der Waals surface area contributed by atoms with Crippen molar-refractivity contribution in [3.63, 3.8) is 0 Å². The molecule has 0 N–H and O–H groups in total. The lowest BCUT2D eigenvalue weighted by Crippen LogP contribution is -2.45. The van der Waals surface area contributed by atoms with Crippen molar-refractivity contribution in [3.05, 3.63) is 47.3 Å². The first-order chi connectivity index (χ1) is 12.0. The van der Waals surface area contributed by atoms with E-state index in [2.05, 4.69) is 5.10 Å². The van der Waals surface area contributed by atoms with Crippen LogP contribution in [0.5, 0.6) is 0 Å². The normalized spacial score (nSPS) is 22.2. The van der Waals surface area contributed by atoms with Crippen LogP contribution in [0.15, 0.2) is 30.3 Å². The van der Waals surface area contributed by atoms with E-state index in [4.69, 9.17) is 4.74 Å². The minimum absolute atomic E-state index is 0.210. The van der Waals surface area contributed by atoms with E-state index in [-0.39, 0.29) is 11.3 Å². The molecular weight excluding hydrogens is 338 g/mol. The molecule has 2 fully saturated rings. The number of rotatable bonds is 4. The highest BCUT2D eigenvalue weighted by Crippen LogP contribution is 2.38. The molecule has 0 spiro atoms. The number of aryl methyl sites for hydroxylation is 1. The number of hydrogen-bond donors (Lipinski definition) is 0. The molecule has 6 nitrogen and oxygen atoms in total. The molecule has 25 heavy (non-hydrogen) atoms. The number of ether oxygens (including phenoxy) is 1. The van der Waals surface area contributed by atoms with Crippen molar-refractivity contribution in [1.82, 2.24) is 14.1 Å². The Morgan fingerprint density at radius 2 is 1.88 bits per heavy atom. The number of sulfonamides is 1. The van der Waals surface area contributed by atoms with Crippen molar-refractivity contribution in [2.45, 2.75) is 38.0 Å². The Balaban J connectivity index is 1.76. The predicted octanol–water partition coefficient (Wildman–Crippen LogP) is 2.35. The predicted molar refractivity (Wildman–Crippen MR) is 95.2 cm³/mol. The zero-order chi connectivity index (χ0) is 17.6. The van der Waals surface area contributed by atoms with Gasteiger partial charge in [-0.25, -0.2) is 13.1 Å². The van der Waals surface area contributed by atoms with E-state index in [0.717, 1.165) is 35.5 Å². The molecule has 1 aliphatic carbocycles. The summed E-state index contributed by atoms with van der Waals surface area (Å²) in [5, 5.41) is 4.46. The molecule has 134 valence electrons. The third kappa shape index (κ3) is 2.90. The van der Waals surface area contributed by atoms with Gasteiger partial charge in [0, 0.05) is 17.8 Å². The number of morpholine rings is 1. The Morgan fingerprint density at radius 3 is 2.56 bits per heavy atom. The first-order valence-corrected chi connectivity index (χ1v) is 10.2. The van der Waals surface area contributed by atoms with E-state index in [1.54, 1.807) is 4.31 Å². The number of aromatic nitrogens is 2. The average molecular weight is 361 g/mol. The summed E-state index contributed by atoms with van der Waals surface area (Å²) < 4.78 is 34.9. The quantitative estimate of drug-likeness (QED) is 0.839. The highest BCUT2D eigenvalue weighted by molar-refractivity contribution is 7.90. The summed E-state index contributed by atoms with van der Waals surface area (Å²) in [5.41, 5.74) is 3.76. The Morgan fingerprint density at radius 1 is 1.16 bits per heavy atom. The first kappa shape index (κ1) is 16.8. The zero-order valence-electron chi connectivity index (χ0n) is 14.6.